The maximum absolute atomic E-state index is 5.47. The van der Waals surface area contributed by atoms with Gasteiger partial charge in [-0.2, -0.15) is 0 Å². The van der Waals surface area contributed by atoms with Crippen molar-refractivity contribution in [2.24, 2.45) is 11.7 Å². The first-order valence-electron chi connectivity index (χ1n) is 4.80. The van der Waals surface area contributed by atoms with E-state index in [0.717, 1.165) is 19.0 Å². The molecule has 2 aliphatic rings. The second-order valence-corrected chi connectivity index (χ2v) is 4.14. The van der Waals surface area contributed by atoms with Gasteiger partial charge in [-0.3, -0.25) is 0 Å². The summed E-state index contributed by atoms with van der Waals surface area (Å²) in [6, 6.07) is 0. The summed E-state index contributed by atoms with van der Waals surface area (Å²) in [6.45, 7) is 1.79. The summed E-state index contributed by atoms with van der Waals surface area (Å²) >= 11 is 0. The van der Waals surface area contributed by atoms with Crippen molar-refractivity contribution < 1.29 is 0 Å². The third kappa shape index (κ3) is 1.30. The Labute approximate surface area is 68.5 Å². The molecule has 0 heterocycles. The van der Waals surface area contributed by atoms with Crippen LogP contribution in [0.5, 0.6) is 0 Å². The van der Waals surface area contributed by atoms with Crippen LogP contribution in [0, 0.1) is 5.92 Å². The van der Waals surface area contributed by atoms with Crippen molar-refractivity contribution in [3.05, 3.63) is 0 Å². The summed E-state index contributed by atoms with van der Waals surface area (Å²) in [7, 11) is 0. The van der Waals surface area contributed by atoms with E-state index >= 15 is 0 Å². The predicted molar refractivity (Wildman–Crippen MR) is 46.4 cm³/mol. The van der Waals surface area contributed by atoms with E-state index in [-0.39, 0.29) is 0 Å². The molecule has 0 aliphatic heterocycles. The number of hydrogen-bond donors (Lipinski definition) is 2. The van der Waals surface area contributed by atoms with E-state index < -0.39 is 0 Å². The molecule has 0 aromatic carbocycles. The highest BCUT2D eigenvalue weighted by Crippen LogP contribution is 2.47. The van der Waals surface area contributed by atoms with Crippen LogP contribution in [0.3, 0.4) is 0 Å². The quantitative estimate of drug-likeness (QED) is 0.633. The summed E-state index contributed by atoms with van der Waals surface area (Å²) < 4.78 is 0. The molecule has 2 saturated carbocycles. The summed E-state index contributed by atoms with van der Waals surface area (Å²) in [4.78, 5) is 0. The van der Waals surface area contributed by atoms with E-state index in [4.69, 9.17) is 5.73 Å². The molecule has 2 bridgehead atoms. The Balaban J connectivity index is 1.89. The first-order valence-corrected chi connectivity index (χ1v) is 4.80. The molecule has 0 spiro atoms. The molecule has 0 radical (unpaired) electrons. The van der Waals surface area contributed by atoms with E-state index in [1.54, 1.807) is 0 Å². The van der Waals surface area contributed by atoms with Gasteiger partial charge in [0.2, 0.25) is 0 Å². The maximum atomic E-state index is 5.47. The van der Waals surface area contributed by atoms with Crippen molar-refractivity contribution in [2.75, 3.05) is 13.1 Å². The average molecular weight is 154 g/mol. The average Bonchev–Trinajstić information content (AvgIpc) is 2.60. The van der Waals surface area contributed by atoms with Crippen molar-refractivity contribution in [3.8, 4) is 0 Å². The van der Waals surface area contributed by atoms with Crippen molar-refractivity contribution in [1.82, 2.24) is 5.32 Å². The summed E-state index contributed by atoms with van der Waals surface area (Å²) in [5.41, 5.74) is 6.00. The Bertz CT molecular complexity index is 136. The van der Waals surface area contributed by atoms with Crippen LogP contribution in [-0.4, -0.2) is 18.6 Å². The minimum atomic E-state index is 0.532. The van der Waals surface area contributed by atoms with Crippen LogP contribution in [0.15, 0.2) is 0 Å². The molecular weight excluding hydrogens is 136 g/mol. The lowest BCUT2D eigenvalue weighted by Crippen LogP contribution is -2.43. The van der Waals surface area contributed by atoms with Gasteiger partial charge >= 0.3 is 0 Å². The topological polar surface area (TPSA) is 38.0 Å². The fourth-order valence-electron chi connectivity index (χ4n) is 2.78. The van der Waals surface area contributed by atoms with Crippen LogP contribution >= 0.6 is 0 Å². The van der Waals surface area contributed by atoms with Gasteiger partial charge in [0.05, 0.1) is 0 Å². The monoisotopic (exact) mass is 154 g/mol. The Hall–Kier alpha value is -0.0800. The van der Waals surface area contributed by atoms with Crippen molar-refractivity contribution in [3.63, 3.8) is 0 Å². The molecule has 0 atom stereocenters. The van der Waals surface area contributed by atoms with E-state index in [9.17, 15) is 0 Å². The minimum Gasteiger partial charge on any atom is -0.329 e. The van der Waals surface area contributed by atoms with Gasteiger partial charge < -0.3 is 11.1 Å². The van der Waals surface area contributed by atoms with Gasteiger partial charge in [0.15, 0.2) is 0 Å². The summed E-state index contributed by atoms with van der Waals surface area (Å²) in [5.74, 6) is 1.04. The Morgan fingerprint density at radius 1 is 1.36 bits per heavy atom. The van der Waals surface area contributed by atoms with E-state index in [1.807, 2.05) is 0 Å². The molecule has 11 heavy (non-hydrogen) atoms. The molecule has 0 amide bonds. The standard InChI is InChI=1S/C9H18N2/c10-5-6-11-9-3-1-8(7-9)2-4-9/h8,11H,1-7,10H2. The van der Waals surface area contributed by atoms with Gasteiger partial charge in [-0.1, -0.05) is 0 Å². The van der Waals surface area contributed by atoms with Crippen molar-refractivity contribution >= 4 is 0 Å². The first kappa shape index (κ1) is 7.56. The smallest absolute Gasteiger partial charge is 0.0184 e. The molecule has 3 N–H and O–H groups in total. The van der Waals surface area contributed by atoms with Crippen molar-refractivity contribution in [1.29, 1.82) is 0 Å². The molecule has 0 unspecified atom stereocenters. The second-order valence-electron chi connectivity index (χ2n) is 4.14. The Kier molecular flexibility index (Phi) is 1.90. The normalized spacial score (nSPS) is 41.7. The molecule has 2 rings (SSSR count). The molecule has 0 saturated heterocycles. The highest BCUT2D eigenvalue weighted by molar-refractivity contribution is 5.02. The predicted octanol–water partition coefficient (Wildman–Crippen LogP) is 0.867. The molecule has 2 nitrogen and oxygen atoms in total. The third-order valence-corrected chi connectivity index (χ3v) is 3.39. The van der Waals surface area contributed by atoms with E-state index in [1.165, 1.54) is 32.1 Å². The Morgan fingerprint density at radius 2 is 2.09 bits per heavy atom. The zero-order chi connectivity index (χ0) is 7.73. The number of nitrogens with two attached hydrogens (primary N) is 1. The highest BCUT2D eigenvalue weighted by Gasteiger charge is 2.43. The third-order valence-electron chi connectivity index (χ3n) is 3.39. The lowest BCUT2D eigenvalue weighted by molar-refractivity contribution is 0.332. The SMILES string of the molecule is NCCNC12CCC(CC1)C2. The minimum absolute atomic E-state index is 0.532. The molecule has 64 valence electrons. The van der Waals surface area contributed by atoms with E-state index in [0.29, 0.717) is 5.54 Å². The number of fused-ring (bicyclic) bond motifs is 2. The zero-order valence-corrected chi connectivity index (χ0v) is 7.10. The molecule has 0 aromatic rings. The van der Waals surface area contributed by atoms with Crippen LogP contribution in [0.25, 0.3) is 0 Å². The second kappa shape index (κ2) is 2.76. The lowest BCUT2D eigenvalue weighted by Gasteiger charge is -2.27. The van der Waals surface area contributed by atoms with Crippen LogP contribution in [0.2, 0.25) is 0 Å². The van der Waals surface area contributed by atoms with Crippen molar-refractivity contribution in [2.45, 2.75) is 37.6 Å². The number of nitrogens with one attached hydrogen (secondary N) is 1. The Morgan fingerprint density at radius 3 is 2.55 bits per heavy atom. The van der Waals surface area contributed by atoms with Gasteiger partial charge in [-0.25, -0.2) is 0 Å². The van der Waals surface area contributed by atoms with Gasteiger partial charge in [0.25, 0.3) is 0 Å². The lowest BCUT2D eigenvalue weighted by atomic mass is 9.94. The fourth-order valence-corrected chi connectivity index (χ4v) is 2.78. The molecule has 2 aliphatic carbocycles. The molecule has 0 aromatic heterocycles. The highest BCUT2D eigenvalue weighted by atomic mass is 15.0. The van der Waals surface area contributed by atoms with Crippen LogP contribution in [-0.2, 0) is 0 Å². The first-order chi connectivity index (χ1) is 5.35. The fraction of sp³-hybridized carbons (Fsp3) is 1.00. The number of hydrogen-bond acceptors (Lipinski definition) is 2. The van der Waals surface area contributed by atoms with Crippen LogP contribution in [0.1, 0.15) is 32.1 Å². The number of rotatable bonds is 3. The van der Waals surface area contributed by atoms with Crippen LogP contribution < -0.4 is 11.1 Å². The largest absolute Gasteiger partial charge is 0.329 e. The van der Waals surface area contributed by atoms with Gasteiger partial charge in [0, 0.05) is 18.6 Å². The molecule has 2 fully saturated rings. The summed E-state index contributed by atoms with van der Waals surface area (Å²) in [6.07, 6.45) is 7.14. The van der Waals surface area contributed by atoms with E-state index in [2.05, 4.69) is 5.32 Å². The maximum Gasteiger partial charge on any atom is 0.0184 e. The van der Waals surface area contributed by atoms with Gasteiger partial charge in [-0.05, 0) is 38.0 Å². The zero-order valence-electron chi connectivity index (χ0n) is 7.10. The van der Waals surface area contributed by atoms with Gasteiger partial charge in [0.1, 0.15) is 0 Å². The summed E-state index contributed by atoms with van der Waals surface area (Å²) in [5, 5.41) is 3.61. The molecular formula is C9H18N2. The molecule has 2 heteroatoms. The van der Waals surface area contributed by atoms with Gasteiger partial charge in [-0.15, -0.1) is 0 Å². The van der Waals surface area contributed by atoms with Crippen LogP contribution in [0.4, 0.5) is 0 Å².